The van der Waals surface area contributed by atoms with Crippen LogP contribution in [-0.2, 0) is 16.8 Å². The molecule has 0 spiro atoms. The maximum atomic E-state index is 13.2. The van der Waals surface area contributed by atoms with Crippen molar-refractivity contribution >= 4 is 47.9 Å². The third kappa shape index (κ3) is 7.01. The van der Waals surface area contributed by atoms with Gasteiger partial charge in [-0.05, 0) is 39.2 Å². The first-order valence-electron chi connectivity index (χ1n) is 11.0. The van der Waals surface area contributed by atoms with Crippen LogP contribution in [0.1, 0.15) is 5.56 Å². The number of aromatic nitrogens is 4. The van der Waals surface area contributed by atoms with E-state index in [4.69, 9.17) is 9.47 Å². The van der Waals surface area contributed by atoms with Crippen LogP contribution in [0.15, 0.2) is 82.3 Å². The molecule has 0 amide bonds. The number of hydrogen-bond acceptors (Lipinski definition) is 8. The Bertz CT molecular complexity index is 1430. The van der Waals surface area contributed by atoms with Gasteiger partial charge in [-0.25, -0.2) is 29.0 Å². The molecule has 2 aromatic heterocycles. The molecule has 37 heavy (non-hydrogen) atoms. The van der Waals surface area contributed by atoms with E-state index in [2.05, 4.69) is 56.5 Å². The first kappa shape index (κ1) is 26.9. The zero-order valence-corrected chi connectivity index (χ0v) is 23.6. The maximum absolute atomic E-state index is 13.2. The number of nitrogens with zero attached hydrogens (tertiary/aromatic N) is 5. The van der Waals surface area contributed by atoms with Gasteiger partial charge in [0.2, 0.25) is 5.88 Å². The molecule has 2 aromatic carbocycles. The maximum Gasteiger partial charge on any atom is 0.316 e. The summed E-state index contributed by atoms with van der Waals surface area (Å²) in [4.78, 5) is 16.8. The van der Waals surface area contributed by atoms with Gasteiger partial charge >= 0.3 is 16.2 Å². The molecule has 0 aliphatic carbocycles. The van der Waals surface area contributed by atoms with E-state index in [9.17, 15) is 8.42 Å². The van der Waals surface area contributed by atoms with Gasteiger partial charge in [0, 0.05) is 23.9 Å². The molecule has 0 aliphatic heterocycles. The average molecular weight is 650 g/mol. The Hall–Kier alpha value is -3.13. The molecule has 1 N–H and O–H groups in total. The highest BCUT2D eigenvalue weighted by molar-refractivity contribution is 9.10. The number of benzene rings is 2. The van der Waals surface area contributed by atoms with Crippen molar-refractivity contribution in [2.24, 2.45) is 0 Å². The molecule has 0 atom stereocenters. The fraction of sp³-hybridized carbons (Fsp3) is 0.167. The van der Waals surface area contributed by atoms with Crippen molar-refractivity contribution in [3.8, 4) is 23.0 Å². The van der Waals surface area contributed by atoms with Crippen molar-refractivity contribution in [2.75, 3.05) is 24.6 Å². The average Bonchev–Trinajstić information content (AvgIpc) is 2.92. The normalized spacial score (nSPS) is 11.2. The van der Waals surface area contributed by atoms with Gasteiger partial charge < -0.3 is 9.47 Å². The number of rotatable bonds is 11. The second-order valence-corrected chi connectivity index (χ2v) is 11.1. The third-order valence-corrected chi connectivity index (χ3v) is 7.37. The quantitative estimate of drug-likeness (QED) is 0.238. The lowest BCUT2D eigenvalue weighted by molar-refractivity contribution is 0.202. The van der Waals surface area contributed by atoms with Crippen LogP contribution in [0.4, 0.5) is 5.82 Å². The first-order chi connectivity index (χ1) is 17.9. The zero-order chi connectivity index (χ0) is 26.3. The summed E-state index contributed by atoms with van der Waals surface area (Å²) >= 11 is 6.72. The monoisotopic (exact) mass is 648 g/mol. The first-order valence-corrected chi connectivity index (χ1v) is 14.0. The zero-order valence-electron chi connectivity index (χ0n) is 19.6. The number of nitrogens with one attached hydrogen (secondary N) is 1. The molecular formula is C24H22Br2N6O4S. The Labute approximate surface area is 231 Å². The minimum atomic E-state index is -3.95. The highest BCUT2D eigenvalue weighted by atomic mass is 79.9. The van der Waals surface area contributed by atoms with E-state index >= 15 is 0 Å². The Morgan fingerprint density at radius 2 is 1.54 bits per heavy atom. The second-order valence-electron chi connectivity index (χ2n) is 7.47. The molecule has 0 fully saturated rings. The van der Waals surface area contributed by atoms with E-state index < -0.39 is 10.2 Å². The lowest BCUT2D eigenvalue weighted by atomic mass is 10.1. The van der Waals surface area contributed by atoms with E-state index in [0.717, 1.165) is 14.5 Å². The molecule has 0 aliphatic rings. The van der Waals surface area contributed by atoms with E-state index in [-0.39, 0.29) is 37.5 Å². The predicted molar refractivity (Wildman–Crippen MR) is 146 cm³/mol. The summed E-state index contributed by atoms with van der Waals surface area (Å²) in [5.74, 6) is 0.375. The van der Waals surface area contributed by atoms with E-state index in [1.165, 1.54) is 17.7 Å². The molecule has 0 radical (unpaired) electrons. The molecule has 4 rings (SSSR count). The SMILES string of the molecule is CNS(=O)(=O)N(Cc1ccccc1)c1ncnc(OCCOc2ncc(Br)cn2)c1-c1ccc(Br)cc1. The molecule has 0 unspecified atom stereocenters. The molecule has 10 nitrogen and oxygen atoms in total. The Morgan fingerprint density at radius 3 is 2.22 bits per heavy atom. The van der Waals surface area contributed by atoms with Crippen LogP contribution in [0.3, 0.4) is 0 Å². The summed E-state index contributed by atoms with van der Waals surface area (Å²) in [6.07, 6.45) is 4.43. The van der Waals surface area contributed by atoms with E-state index in [1.807, 2.05) is 54.6 Å². The van der Waals surface area contributed by atoms with Gasteiger partial charge in [0.1, 0.15) is 19.5 Å². The summed E-state index contributed by atoms with van der Waals surface area (Å²) in [7, 11) is -2.59. The summed E-state index contributed by atoms with van der Waals surface area (Å²) in [6.45, 7) is 0.300. The summed E-state index contributed by atoms with van der Waals surface area (Å²) < 4.78 is 43.0. The molecule has 4 aromatic rings. The molecule has 2 heterocycles. The minimum absolute atomic E-state index is 0.0496. The second kappa shape index (κ2) is 12.4. The fourth-order valence-corrected chi connectivity index (χ4v) is 4.68. The van der Waals surface area contributed by atoms with Crippen molar-refractivity contribution in [1.82, 2.24) is 24.7 Å². The van der Waals surface area contributed by atoms with Gasteiger partial charge in [-0.3, -0.25) is 0 Å². The number of ether oxygens (including phenoxy) is 2. The lowest BCUT2D eigenvalue weighted by Gasteiger charge is -2.25. The van der Waals surface area contributed by atoms with Crippen LogP contribution < -0.4 is 18.5 Å². The highest BCUT2D eigenvalue weighted by Crippen LogP contribution is 2.38. The molecule has 0 saturated carbocycles. The van der Waals surface area contributed by atoms with Crippen molar-refractivity contribution in [1.29, 1.82) is 0 Å². The standard InChI is InChI=1S/C24H22Br2N6O4S/c1-27-37(33,34)32(15-17-5-3-2-4-6-17)22-21(18-7-9-19(25)10-8-18)23(31-16-30-22)35-11-12-36-24-28-13-20(26)14-29-24/h2-10,13-14,16,27H,11-12,15H2,1H3. The van der Waals surface area contributed by atoms with Gasteiger partial charge in [0.05, 0.1) is 16.6 Å². The summed E-state index contributed by atoms with van der Waals surface area (Å²) in [5, 5.41) is 0. The van der Waals surface area contributed by atoms with E-state index in [1.54, 1.807) is 12.4 Å². The number of anilines is 1. The summed E-state index contributed by atoms with van der Waals surface area (Å²) in [5.41, 5.74) is 1.88. The van der Waals surface area contributed by atoms with Crippen LogP contribution in [0.5, 0.6) is 11.9 Å². The molecule has 0 bridgehead atoms. The van der Waals surface area contributed by atoms with Crippen LogP contribution in [0.25, 0.3) is 11.1 Å². The van der Waals surface area contributed by atoms with Crippen molar-refractivity contribution in [2.45, 2.75) is 6.54 Å². The van der Waals surface area contributed by atoms with Crippen LogP contribution in [0.2, 0.25) is 0 Å². The van der Waals surface area contributed by atoms with Crippen molar-refractivity contribution in [3.05, 3.63) is 87.8 Å². The van der Waals surface area contributed by atoms with Crippen LogP contribution >= 0.6 is 31.9 Å². The van der Waals surface area contributed by atoms with Gasteiger partial charge in [0.25, 0.3) is 0 Å². The van der Waals surface area contributed by atoms with Gasteiger partial charge in [-0.1, -0.05) is 58.4 Å². The molecular weight excluding hydrogens is 628 g/mol. The molecule has 13 heteroatoms. The Morgan fingerprint density at radius 1 is 0.865 bits per heavy atom. The Kier molecular flexibility index (Phi) is 9.03. The number of hydrogen-bond donors (Lipinski definition) is 1. The van der Waals surface area contributed by atoms with Gasteiger partial charge in [-0.2, -0.15) is 8.42 Å². The highest BCUT2D eigenvalue weighted by Gasteiger charge is 2.28. The minimum Gasteiger partial charge on any atom is -0.473 e. The molecule has 192 valence electrons. The van der Waals surface area contributed by atoms with E-state index in [0.29, 0.717) is 11.1 Å². The largest absolute Gasteiger partial charge is 0.473 e. The van der Waals surface area contributed by atoms with Crippen molar-refractivity contribution < 1.29 is 17.9 Å². The fourth-order valence-electron chi connectivity index (χ4n) is 3.31. The smallest absolute Gasteiger partial charge is 0.316 e. The Balaban J connectivity index is 1.69. The lowest BCUT2D eigenvalue weighted by Crippen LogP contribution is -2.39. The predicted octanol–water partition coefficient (Wildman–Crippen LogP) is 4.39. The van der Waals surface area contributed by atoms with Crippen LogP contribution in [-0.4, -0.2) is 48.6 Å². The van der Waals surface area contributed by atoms with Gasteiger partial charge in [-0.15, -0.1) is 0 Å². The van der Waals surface area contributed by atoms with Gasteiger partial charge in [0.15, 0.2) is 5.82 Å². The van der Waals surface area contributed by atoms with Crippen molar-refractivity contribution in [3.63, 3.8) is 0 Å². The topological polar surface area (TPSA) is 119 Å². The molecule has 0 saturated heterocycles. The van der Waals surface area contributed by atoms with Crippen LogP contribution in [0, 0.1) is 0 Å². The third-order valence-electron chi connectivity index (χ3n) is 5.03. The summed E-state index contributed by atoms with van der Waals surface area (Å²) in [6, 6.07) is 16.8. The number of halogens is 2.